The van der Waals surface area contributed by atoms with Gasteiger partial charge >= 0.3 is 0 Å². The van der Waals surface area contributed by atoms with Gasteiger partial charge in [0.05, 0.1) is 16.8 Å². The minimum Gasteiger partial charge on any atom is -0.349 e. The Morgan fingerprint density at radius 2 is 2.05 bits per heavy atom. The lowest BCUT2D eigenvalue weighted by atomic mass is 9.95. The summed E-state index contributed by atoms with van der Waals surface area (Å²) < 4.78 is 24.9. The standard InChI is InChI=1S/C15H19ClN2O3S/c1-22(20,21)18-11-4-5-13(16)12(8-11)15(19)17-14-7-9-2-3-10(14)6-9/h4-5,8-10,14,18H,2-3,6-7H2,1H3,(H,17,19)/t9-,10-,14-/m0/s1. The molecule has 2 aliphatic carbocycles. The number of carbonyl (C=O) groups is 1. The molecule has 5 nitrogen and oxygen atoms in total. The van der Waals surface area contributed by atoms with E-state index in [9.17, 15) is 13.2 Å². The van der Waals surface area contributed by atoms with Crippen LogP contribution in [0.1, 0.15) is 36.0 Å². The zero-order valence-electron chi connectivity index (χ0n) is 12.3. The molecule has 2 N–H and O–H groups in total. The molecular weight excluding hydrogens is 324 g/mol. The van der Waals surface area contributed by atoms with Gasteiger partial charge in [0.1, 0.15) is 0 Å². The normalized spacial score (nSPS) is 26.9. The molecule has 0 aromatic heterocycles. The van der Waals surface area contributed by atoms with E-state index < -0.39 is 10.0 Å². The summed E-state index contributed by atoms with van der Waals surface area (Å²) >= 11 is 6.09. The van der Waals surface area contributed by atoms with Crippen molar-refractivity contribution in [3.8, 4) is 0 Å². The van der Waals surface area contributed by atoms with E-state index in [2.05, 4.69) is 10.0 Å². The molecule has 3 rings (SSSR count). The molecule has 22 heavy (non-hydrogen) atoms. The molecule has 0 spiro atoms. The molecule has 2 saturated carbocycles. The van der Waals surface area contributed by atoms with Gasteiger partial charge in [0.15, 0.2) is 0 Å². The van der Waals surface area contributed by atoms with Gasteiger partial charge in [-0.1, -0.05) is 18.0 Å². The van der Waals surface area contributed by atoms with Crippen molar-refractivity contribution in [2.24, 2.45) is 11.8 Å². The Kier molecular flexibility index (Phi) is 4.07. The van der Waals surface area contributed by atoms with Crippen LogP contribution < -0.4 is 10.0 Å². The van der Waals surface area contributed by atoms with E-state index in [0.717, 1.165) is 18.6 Å². The fraction of sp³-hybridized carbons (Fsp3) is 0.533. The lowest BCUT2D eigenvalue weighted by molar-refractivity contribution is 0.0923. The number of sulfonamides is 1. The predicted octanol–water partition coefficient (Wildman–Crippen LogP) is 2.63. The van der Waals surface area contributed by atoms with E-state index >= 15 is 0 Å². The molecule has 2 fully saturated rings. The number of fused-ring (bicyclic) bond motifs is 2. The van der Waals surface area contributed by atoms with Crippen LogP contribution in [-0.2, 0) is 10.0 Å². The maximum Gasteiger partial charge on any atom is 0.253 e. The fourth-order valence-corrected chi connectivity index (χ4v) is 4.40. The number of amides is 1. The smallest absolute Gasteiger partial charge is 0.253 e. The topological polar surface area (TPSA) is 75.3 Å². The number of anilines is 1. The summed E-state index contributed by atoms with van der Waals surface area (Å²) in [6, 6.07) is 4.77. The Balaban J connectivity index is 1.75. The third-order valence-corrected chi connectivity index (χ3v) is 5.50. The summed E-state index contributed by atoms with van der Waals surface area (Å²) in [6.45, 7) is 0. The van der Waals surface area contributed by atoms with Gasteiger partial charge in [-0.2, -0.15) is 0 Å². The van der Waals surface area contributed by atoms with E-state index in [0.29, 0.717) is 22.2 Å². The highest BCUT2D eigenvalue weighted by Crippen LogP contribution is 2.44. The van der Waals surface area contributed by atoms with Gasteiger partial charge in [0, 0.05) is 11.7 Å². The Labute approximate surface area is 135 Å². The SMILES string of the molecule is CS(=O)(=O)Nc1ccc(Cl)c(C(=O)N[C@H]2C[C@H]3CC[C@H]2C3)c1. The molecule has 1 amide bonds. The molecule has 0 heterocycles. The van der Waals surface area contributed by atoms with E-state index in [1.54, 1.807) is 0 Å². The van der Waals surface area contributed by atoms with Crippen molar-refractivity contribution in [3.63, 3.8) is 0 Å². The molecular formula is C15H19ClN2O3S. The van der Waals surface area contributed by atoms with Crippen molar-refractivity contribution in [2.45, 2.75) is 31.7 Å². The van der Waals surface area contributed by atoms with Crippen LogP contribution in [0.2, 0.25) is 5.02 Å². The lowest BCUT2D eigenvalue weighted by Gasteiger charge is -2.23. The second kappa shape index (κ2) is 5.74. The maximum atomic E-state index is 12.4. The zero-order valence-corrected chi connectivity index (χ0v) is 13.9. The second-order valence-corrected chi connectivity index (χ2v) is 8.48. The average Bonchev–Trinajstić information content (AvgIpc) is 3.01. The first-order valence-corrected chi connectivity index (χ1v) is 9.67. The summed E-state index contributed by atoms with van der Waals surface area (Å²) in [6.07, 6.45) is 5.75. The van der Waals surface area contributed by atoms with Crippen molar-refractivity contribution in [3.05, 3.63) is 28.8 Å². The van der Waals surface area contributed by atoms with Crippen molar-refractivity contribution >= 4 is 33.2 Å². The molecule has 7 heteroatoms. The molecule has 0 saturated heterocycles. The van der Waals surface area contributed by atoms with E-state index in [1.165, 1.54) is 37.5 Å². The number of hydrogen-bond donors (Lipinski definition) is 2. The van der Waals surface area contributed by atoms with Gasteiger partial charge < -0.3 is 5.32 Å². The van der Waals surface area contributed by atoms with Crippen LogP contribution in [0, 0.1) is 11.8 Å². The largest absolute Gasteiger partial charge is 0.349 e. The second-order valence-electron chi connectivity index (χ2n) is 6.32. The van der Waals surface area contributed by atoms with Gasteiger partial charge in [-0.15, -0.1) is 0 Å². The van der Waals surface area contributed by atoms with Crippen LogP contribution in [-0.4, -0.2) is 26.6 Å². The predicted molar refractivity (Wildman–Crippen MR) is 86.6 cm³/mol. The number of nitrogens with one attached hydrogen (secondary N) is 2. The molecule has 0 aliphatic heterocycles. The molecule has 2 aliphatic rings. The molecule has 0 unspecified atom stereocenters. The first-order chi connectivity index (χ1) is 10.3. The third kappa shape index (κ3) is 3.38. The van der Waals surface area contributed by atoms with Crippen molar-refractivity contribution in [1.82, 2.24) is 5.32 Å². The minimum atomic E-state index is -3.39. The van der Waals surface area contributed by atoms with Gasteiger partial charge in [0.2, 0.25) is 10.0 Å². The fourth-order valence-electron chi connectivity index (χ4n) is 3.64. The Morgan fingerprint density at radius 3 is 2.64 bits per heavy atom. The van der Waals surface area contributed by atoms with Crippen LogP contribution in [0.15, 0.2) is 18.2 Å². The first-order valence-electron chi connectivity index (χ1n) is 7.40. The number of halogens is 1. The van der Waals surface area contributed by atoms with Crippen LogP contribution in [0.3, 0.4) is 0 Å². The van der Waals surface area contributed by atoms with Gasteiger partial charge in [-0.3, -0.25) is 9.52 Å². The highest BCUT2D eigenvalue weighted by atomic mass is 35.5. The summed E-state index contributed by atoms with van der Waals surface area (Å²) in [5.41, 5.74) is 0.642. The number of carbonyl (C=O) groups excluding carboxylic acids is 1. The van der Waals surface area contributed by atoms with Gasteiger partial charge in [-0.05, 0) is 49.3 Å². The third-order valence-electron chi connectivity index (χ3n) is 4.57. The molecule has 1 aromatic rings. The highest BCUT2D eigenvalue weighted by Gasteiger charge is 2.40. The van der Waals surface area contributed by atoms with Crippen LogP contribution in [0.4, 0.5) is 5.69 Å². The Bertz CT molecular complexity index is 705. The molecule has 2 bridgehead atoms. The zero-order chi connectivity index (χ0) is 15.9. The summed E-state index contributed by atoms with van der Waals surface area (Å²) in [4.78, 5) is 12.4. The Hall–Kier alpha value is -1.27. The quantitative estimate of drug-likeness (QED) is 0.883. The monoisotopic (exact) mass is 342 g/mol. The average molecular weight is 343 g/mol. The Morgan fingerprint density at radius 1 is 1.27 bits per heavy atom. The van der Waals surface area contributed by atoms with Gasteiger partial charge in [0.25, 0.3) is 5.91 Å². The number of rotatable bonds is 4. The molecule has 0 radical (unpaired) electrons. The van der Waals surface area contributed by atoms with Crippen molar-refractivity contribution in [2.75, 3.05) is 11.0 Å². The lowest BCUT2D eigenvalue weighted by Crippen LogP contribution is -2.38. The summed E-state index contributed by atoms with van der Waals surface area (Å²) in [7, 11) is -3.39. The van der Waals surface area contributed by atoms with Crippen LogP contribution >= 0.6 is 11.6 Å². The number of hydrogen-bond acceptors (Lipinski definition) is 3. The van der Waals surface area contributed by atoms with Crippen LogP contribution in [0.5, 0.6) is 0 Å². The minimum absolute atomic E-state index is 0.217. The van der Waals surface area contributed by atoms with Crippen molar-refractivity contribution in [1.29, 1.82) is 0 Å². The van der Waals surface area contributed by atoms with Crippen LogP contribution in [0.25, 0.3) is 0 Å². The van der Waals surface area contributed by atoms with Crippen molar-refractivity contribution < 1.29 is 13.2 Å². The van der Waals surface area contributed by atoms with E-state index in [-0.39, 0.29) is 11.9 Å². The summed E-state index contributed by atoms with van der Waals surface area (Å²) in [5, 5.41) is 3.38. The highest BCUT2D eigenvalue weighted by molar-refractivity contribution is 7.92. The van der Waals surface area contributed by atoms with E-state index in [1.807, 2.05) is 0 Å². The van der Waals surface area contributed by atoms with Gasteiger partial charge in [-0.25, -0.2) is 8.42 Å². The molecule has 1 aromatic carbocycles. The molecule has 3 atom stereocenters. The van der Waals surface area contributed by atoms with E-state index in [4.69, 9.17) is 11.6 Å². The maximum absolute atomic E-state index is 12.4. The summed E-state index contributed by atoms with van der Waals surface area (Å²) in [5.74, 6) is 1.08. The first kappa shape index (κ1) is 15.6. The molecule has 120 valence electrons. The number of benzene rings is 1.